The van der Waals surface area contributed by atoms with Gasteiger partial charge in [0.15, 0.2) is 0 Å². The highest BCUT2D eigenvalue weighted by atomic mass is 32.2. The molecule has 2 aliphatic rings. The molecule has 114 valence electrons. The number of hydrogen-bond acceptors (Lipinski definition) is 7. The molecule has 0 spiro atoms. The summed E-state index contributed by atoms with van der Waals surface area (Å²) in [6.07, 6.45) is 12.4. The van der Waals surface area contributed by atoms with Crippen LogP contribution in [0.25, 0.3) is 5.57 Å². The zero-order valence-corrected chi connectivity index (χ0v) is 14.5. The van der Waals surface area contributed by atoms with Gasteiger partial charge in [-0.15, -0.1) is 11.3 Å². The Kier molecular flexibility index (Phi) is 4.07. The van der Waals surface area contributed by atoms with Crippen molar-refractivity contribution in [2.24, 2.45) is 0 Å². The molecular weight excluding hydrogens is 344 g/mol. The van der Waals surface area contributed by atoms with E-state index < -0.39 is 0 Å². The third-order valence-electron chi connectivity index (χ3n) is 3.49. The Balaban J connectivity index is 1.75. The zero-order chi connectivity index (χ0) is 15.6. The number of hydrogen-bond donors (Lipinski definition) is 0. The fraction of sp³-hybridized carbons (Fsp3) is 0.125. The molecule has 0 aromatic carbocycles. The van der Waals surface area contributed by atoms with Crippen LogP contribution in [0.2, 0.25) is 0 Å². The first-order valence-electron chi connectivity index (χ1n) is 7.09. The number of anilines is 1. The van der Waals surface area contributed by atoms with E-state index in [0.29, 0.717) is 5.95 Å². The first kappa shape index (κ1) is 14.7. The number of thiazole rings is 1. The third-order valence-corrected chi connectivity index (χ3v) is 5.87. The molecule has 2 aromatic heterocycles. The van der Waals surface area contributed by atoms with Gasteiger partial charge in [0.2, 0.25) is 5.95 Å². The predicted molar refractivity (Wildman–Crippen MR) is 100 cm³/mol. The second-order valence-electron chi connectivity index (χ2n) is 4.96. The van der Waals surface area contributed by atoms with Crippen LogP contribution in [-0.2, 0) is 0 Å². The molecular formula is C16H12N4S3. The maximum Gasteiger partial charge on any atom is 0.236 e. The average molecular weight is 357 g/mol. The second kappa shape index (κ2) is 6.35. The number of allylic oxidation sites excluding steroid dienone is 4. The largest absolute Gasteiger partial charge is 0.276 e. The van der Waals surface area contributed by atoms with E-state index in [1.165, 1.54) is 10.5 Å². The van der Waals surface area contributed by atoms with Crippen molar-refractivity contribution in [1.82, 2.24) is 15.0 Å². The molecule has 4 rings (SSSR count). The number of nitrogens with zero attached hydrogens (tertiary/aromatic N) is 4. The van der Waals surface area contributed by atoms with E-state index >= 15 is 0 Å². The van der Waals surface area contributed by atoms with Crippen LogP contribution >= 0.6 is 35.5 Å². The van der Waals surface area contributed by atoms with E-state index in [2.05, 4.69) is 37.5 Å². The van der Waals surface area contributed by atoms with Gasteiger partial charge in [0, 0.05) is 51.3 Å². The molecule has 0 N–H and O–H groups in total. The highest BCUT2D eigenvalue weighted by molar-refractivity contribution is 8.05. The minimum Gasteiger partial charge on any atom is -0.276 e. The lowest BCUT2D eigenvalue weighted by molar-refractivity contribution is 1.07. The van der Waals surface area contributed by atoms with Gasteiger partial charge in [-0.2, -0.15) is 0 Å². The van der Waals surface area contributed by atoms with Crippen molar-refractivity contribution in [3.63, 3.8) is 0 Å². The fourth-order valence-electron chi connectivity index (χ4n) is 2.44. The van der Waals surface area contributed by atoms with E-state index in [9.17, 15) is 0 Å². The summed E-state index contributed by atoms with van der Waals surface area (Å²) < 4.78 is 2.09. The summed E-state index contributed by atoms with van der Waals surface area (Å²) in [7, 11) is 0. The molecule has 0 atom stereocenters. The normalized spacial score (nSPS) is 17.8. The van der Waals surface area contributed by atoms with Gasteiger partial charge in [-0.05, 0) is 18.0 Å². The lowest BCUT2D eigenvalue weighted by Crippen LogP contribution is -2.14. The van der Waals surface area contributed by atoms with Gasteiger partial charge in [-0.25, -0.2) is 15.0 Å². The molecule has 0 fully saturated rings. The molecule has 0 bridgehead atoms. The molecule has 1 aliphatic carbocycles. The molecule has 2 aromatic rings. The molecule has 0 saturated heterocycles. The molecule has 1 aliphatic heterocycles. The molecule has 0 unspecified atom stereocenters. The highest BCUT2D eigenvalue weighted by Gasteiger charge is 2.30. The van der Waals surface area contributed by atoms with Crippen LogP contribution < -0.4 is 4.31 Å². The van der Waals surface area contributed by atoms with Crippen molar-refractivity contribution in [2.75, 3.05) is 10.8 Å². The summed E-state index contributed by atoms with van der Waals surface area (Å²) in [5.74, 6) is 0.708. The average Bonchev–Trinajstić information content (AvgIpc) is 3.25. The number of aromatic nitrogens is 3. The van der Waals surface area contributed by atoms with Crippen molar-refractivity contribution in [3.05, 3.63) is 63.8 Å². The summed E-state index contributed by atoms with van der Waals surface area (Å²) in [6, 6.07) is 1.82. The quantitative estimate of drug-likeness (QED) is 0.610. The summed E-state index contributed by atoms with van der Waals surface area (Å²) in [5.41, 5.74) is 2.32. The van der Waals surface area contributed by atoms with Crippen molar-refractivity contribution in [2.45, 2.75) is 6.42 Å². The van der Waals surface area contributed by atoms with Crippen LogP contribution in [0.5, 0.6) is 0 Å². The van der Waals surface area contributed by atoms with Crippen LogP contribution in [0.15, 0.2) is 58.7 Å². The van der Waals surface area contributed by atoms with Crippen LogP contribution in [0.3, 0.4) is 0 Å². The Hall–Kier alpha value is -1.83. The summed E-state index contributed by atoms with van der Waals surface area (Å²) in [4.78, 5) is 15.3. The van der Waals surface area contributed by atoms with E-state index in [1.807, 2.05) is 17.6 Å². The van der Waals surface area contributed by atoms with E-state index in [1.54, 1.807) is 35.7 Å². The standard InChI is InChI=1S/C16H12N4S3/c21-13-5-2-1-4-11(13)14-12(15-17-8-9-22-15)10-20(23-14)16-18-6-3-7-19-16/h1-4,6-9H,5,10H2. The third kappa shape index (κ3) is 2.87. The SMILES string of the molecule is S=C1CC=CC=C1C1=C(c2nccs2)CN(c2ncccn2)S1. The van der Waals surface area contributed by atoms with Gasteiger partial charge in [0.25, 0.3) is 0 Å². The second-order valence-corrected chi connectivity index (χ2v) is 7.38. The van der Waals surface area contributed by atoms with Crippen LogP contribution in [0.1, 0.15) is 11.4 Å². The molecule has 0 amide bonds. The lowest BCUT2D eigenvalue weighted by Gasteiger charge is -2.15. The first-order chi connectivity index (χ1) is 11.3. The summed E-state index contributed by atoms with van der Waals surface area (Å²) in [5, 5.41) is 3.03. The van der Waals surface area contributed by atoms with Crippen molar-refractivity contribution in [3.8, 4) is 0 Å². The Bertz CT molecular complexity index is 822. The Morgan fingerprint density at radius 3 is 2.74 bits per heavy atom. The maximum atomic E-state index is 5.57. The number of rotatable bonds is 3. The summed E-state index contributed by atoms with van der Waals surface area (Å²) >= 11 is 8.86. The Labute approximate surface area is 147 Å². The molecule has 7 heteroatoms. The summed E-state index contributed by atoms with van der Waals surface area (Å²) in [6.45, 7) is 0.723. The molecule has 4 nitrogen and oxygen atoms in total. The highest BCUT2D eigenvalue weighted by Crippen LogP contribution is 2.44. The van der Waals surface area contributed by atoms with Crippen molar-refractivity contribution >= 4 is 51.9 Å². The maximum absolute atomic E-state index is 5.57. The van der Waals surface area contributed by atoms with Gasteiger partial charge in [0.05, 0.1) is 6.54 Å². The monoisotopic (exact) mass is 356 g/mol. The van der Waals surface area contributed by atoms with Crippen molar-refractivity contribution in [1.29, 1.82) is 0 Å². The van der Waals surface area contributed by atoms with Gasteiger partial charge in [-0.1, -0.05) is 30.4 Å². The van der Waals surface area contributed by atoms with Crippen LogP contribution in [-0.4, -0.2) is 26.4 Å². The number of thiocarbonyl (C=S) groups is 1. The van der Waals surface area contributed by atoms with Gasteiger partial charge < -0.3 is 0 Å². The molecule has 3 heterocycles. The van der Waals surface area contributed by atoms with E-state index in [-0.39, 0.29) is 0 Å². The van der Waals surface area contributed by atoms with E-state index in [0.717, 1.165) is 28.4 Å². The molecule has 0 radical (unpaired) electrons. The Morgan fingerprint density at radius 2 is 2.00 bits per heavy atom. The predicted octanol–water partition coefficient (Wildman–Crippen LogP) is 4.07. The minimum absolute atomic E-state index is 0.708. The topological polar surface area (TPSA) is 41.9 Å². The van der Waals surface area contributed by atoms with Crippen LogP contribution in [0, 0.1) is 0 Å². The van der Waals surface area contributed by atoms with Gasteiger partial charge >= 0.3 is 0 Å². The minimum atomic E-state index is 0.708. The first-order valence-corrected chi connectivity index (χ1v) is 9.15. The van der Waals surface area contributed by atoms with E-state index in [4.69, 9.17) is 12.2 Å². The van der Waals surface area contributed by atoms with Crippen LogP contribution in [0.4, 0.5) is 5.95 Å². The lowest BCUT2D eigenvalue weighted by atomic mass is 10.0. The molecule has 23 heavy (non-hydrogen) atoms. The van der Waals surface area contributed by atoms with Crippen molar-refractivity contribution < 1.29 is 0 Å². The fourth-order valence-corrected chi connectivity index (χ4v) is 4.67. The van der Waals surface area contributed by atoms with Gasteiger partial charge in [0.1, 0.15) is 5.01 Å². The van der Waals surface area contributed by atoms with Gasteiger partial charge in [-0.3, -0.25) is 4.31 Å². The smallest absolute Gasteiger partial charge is 0.236 e. The Morgan fingerprint density at radius 1 is 1.13 bits per heavy atom. The zero-order valence-electron chi connectivity index (χ0n) is 12.0. The molecule has 0 saturated carbocycles.